The van der Waals surface area contributed by atoms with E-state index in [1.807, 2.05) is 24.4 Å². The van der Waals surface area contributed by atoms with Gasteiger partial charge in [-0.25, -0.2) is 8.78 Å². The van der Waals surface area contributed by atoms with Crippen LogP contribution < -0.4 is 0 Å². The third kappa shape index (κ3) is 4.04. The Morgan fingerprint density at radius 1 is 1.32 bits per heavy atom. The Kier molecular flexibility index (Phi) is 5.13. The lowest BCUT2D eigenvalue weighted by molar-refractivity contribution is -0.155. The maximum Gasteiger partial charge on any atom is 0.309 e. The molecule has 0 saturated carbocycles. The highest BCUT2D eigenvalue weighted by atomic mass is 19.3. The number of carboxylic acids is 1. The summed E-state index contributed by atoms with van der Waals surface area (Å²) >= 11 is 0. The van der Waals surface area contributed by atoms with Gasteiger partial charge in [-0.3, -0.25) is 14.8 Å². The molecule has 1 aliphatic heterocycles. The highest BCUT2D eigenvalue weighted by Gasteiger charge is 2.43. The SMILES string of the molecule is O=C(O)C1(CC(F)F)CCN(Cc2cccc(-c3cn[nH]c3)c2)CC1. The lowest BCUT2D eigenvalue weighted by Gasteiger charge is -2.38. The van der Waals surface area contributed by atoms with Gasteiger partial charge < -0.3 is 5.11 Å². The highest BCUT2D eigenvalue weighted by Crippen LogP contribution is 2.38. The third-order valence-electron chi connectivity index (χ3n) is 4.98. The van der Waals surface area contributed by atoms with E-state index >= 15 is 0 Å². The van der Waals surface area contributed by atoms with E-state index in [0.29, 0.717) is 19.6 Å². The van der Waals surface area contributed by atoms with Gasteiger partial charge in [0.05, 0.1) is 11.6 Å². The Hall–Kier alpha value is -2.28. The maximum absolute atomic E-state index is 12.8. The summed E-state index contributed by atoms with van der Waals surface area (Å²) < 4.78 is 25.5. The fourth-order valence-electron chi connectivity index (χ4n) is 3.46. The van der Waals surface area contributed by atoms with Crippen LogP contribution >= 0.6 is 0 Å². The molecule has 0 spiro atoms. The van der Waals surface area contributed by atoms with E-state index < -0.39 is 24.2 Å². The topological polar surface area (TPSA) is 69.2 Å². The number of hydrogen-bond acceptors (Lipinski definition) is 3. The summed E-state index contributed by atoms with van der Waals surface area (Å²) in [6.07, 6.45) is 0.945. The lowest BCUT2D eigenvalue weighted by atomic mass is 9.75. The number of rotatable bonds is 6. The summed E-state index contributed by atoms with van der Waals surface area (Å²) in [4.78, 5) is 13.6. The second-order valence-electron chi connectivity index (χ2n) is 6.64. The molecule has 25 heavy (non-hydrogen) atoms. The monoisotopic (exact) mass is 349 g/mol. The maximum atomic E-state index is 12.8. The Labute approximate surface area is 144 Å². The van der Waals surface area contributed by atoms with Gasteiger partial charge >= 0.3 is 5.97 Å². The molecule has 0 atom stereocenters. The summed E-state index contributed by atoms with van der Waals surface area (Å²) in [5.74, 6) is -1.10. The number of nitrogens with zero attached hydrogens (tertiary/aromatic N) is 2. The van der Waals surface area contributed by atoms with Gasteiger partial charge in [0, 0.05) is 24.7 Å². The van der Waals surface area contributed by atoms with Crippen molar-refractivity contribution in [2.45, 2.75) is 32.2 Å². The third-order valence-corrected chi connectivity index (χ3v) is 4.98. The number of halogens is 2. The molecule has 3 rings (SSSR count). The lowest BCUT2D eigenvalue weighted by Crippen LogP contribution is -2.45. The number of carbonyl (C=O) groups is 1. The standard InChI is InChI=1S/C18H21F2N3O2/c19-16(20)9-18(17(24)25)4-6-23(7-5-18)12-13-2-1-3-14(8-13)15-10-21-22-11-15/h1-3,8,10-11,16H,4-7,9,12H2,(H,21,22)(H,24,25). The van der Waals surface area contributed by atoms with E-state index in [4.69, 9.17) is 0 Å². The molecular weight excluding hydrogens is 328 g/mol. The van der Waals surface area contributed by atoms with Gasteiger partial charge in [-0.15, -0.1) is 0 Å². The van der Waals surface area contributed by atoms with Crippen LogP contribution in [0.25, 0.3) is 11.1 Å². The number of piperidine rings is 1. The molecule has 1 fully saturated rings. The van der Waals surface area contributed by atoms with Crippen LogP contribution in [-0.4, -0.2) is 45.7 Å². The second-order valence-corrected chi connectivity index (χ2v) is 6.64. The van der Waals surface area contributed by atoms with Crippen LogP contribution in [0.15, 0.2) is 36.7 Å². The van der Waals surface area contributed by atoms with Gasteiger partial charge in [0.25, 0.3) is 0 Å². The van der Waals surface area contributed by atoms with Crippen LogP contribution in [0.2, 0.25) is 0 Å². The Morgan fingerprint density at radius 2 is 2.08 bits per heavy atom. The van der Waals surface area contributed by atoms with E-state index in [2.05, 4.69) is 21.2 Å². The average molecular weight is 349 g/mol. The van der Waals surface area contributed by atoms with Gasteiger partial charge in [0.2, 0.25) is 6.43 Å². The van der Waals surface area contributed by atoms with Crippen LogP contribution in [-0.2, 0) is 11.3 Å². The molecule has 0 bridgehead atoms. The van der Waals surface area contributed by atoms with Gasteiger partial charge in [-0.2, -0.15) is 5.10 Å². The average Bonchev–Trinajstić information content (AvgIpc) is 3.11. The van der Waals surface area contributed by atoms with Crippen molar-refractivity contribution < 1.29 is 18.7 Å². The van der Waals surface area contributed by atoms with Crippen LogP contribution in [0.3, 0.4) is 0 Å². The molecule has 0 radical (unpaired) electrons. The minimum absolute atomic E-state index is 0.258. The molecule has 2 heterocycles. The Balaban J connectivity index is 1.64. The number of likely N-dealkylation sites (tertiary alicyclic amines) is 1. The van der Waals surface area contributed by atoms with Crippen molar-refractivity contribution in [1.82, 2.24) is 15.1 Å². The van der Waals surface area contributed by atoms with E-state index in [1.165, 1.54) is 0 Å². The van der Waals surface area contributed by atoms with Crippen molar-refractivity contribution in [2.75, 3.05) is 13.1 Å². The molecule has 7 heteroatoms. The smallest absolute Gasteiger partial charge is 0.309 e. The summed E-state index contributed by atoms with van der Waals surface area (Å²) in [7, 11) is 0. The van der Waals surface area contributed by atoms with E-state index in [1.54, 1.807) is 6.20 Å². The number of benzene rings is 1. The number of alkyl halides is 2. The molecule has 5 nitrogen and oxygen atoms in total. The number of aromatic amines is 1. The minimum atomic E-state index is -2.59. The number of H-pyrrole nitrogens is 1. The highest BCUT2D eigenvalue weighted by molar-refractivity contribution is 5.74. The van der Waals surface area contributed by atoms with Crippen molar-refractivity contribution in [3.05, 3.63) is 42.2 Å². The summed E-state index contributed by atoms with van der Waals surface area (Å²) in [5.41, 5.74) is 1.88. The molecule has 0 amide bonds. The van der Waals surface area contributed by atoms with Crippen LogP contribution in [0.4, 0.5) is 8.78 Å². The largest absolute Gasteiger partial charge is 0.481 e. The molecule has 1 aromatic heterocycles. The first-order chi connectivity index (χ1) is 12.0. The fourth-order valence-corrected chi connectivity index (χ4v) is 3.46. The van der Waals surface area contributed by atoms with Crippen molar-refractivity contribution in [3.8, 4) is 11.1 Å². The molecule has 2 aromatic rings. The second kappa shape index (κ2) is 7.31. The number of aliphatic carboxylic acids is 1. The number of hydrogen-bond donors (Lipinski definition) is 2. The van der Waals surface area contributed by atoms with E-state index in [-0.39, 0.29) is 12.8 Å². The van der Waals surface area contributed by atoms with Gasteiger partial charge in [-0.05, 0) is 43.1 Å². The van der Waals surface area contributed by atoms with Crippen LogP contribution in [0, 0.1) is 5.41 Å². The molecule has 1 aliphatic rings. The van der Waals surface area contributed by atoms with Crippen molar-refractivity contribution in [3.63, 3.8) is 0 Å². The first kappa shape index (κ1) is 17.5. The van der Waals surface area contributed by atoms with Crippen molar-refractivity contribution in [1.29, 1.82) is 0 Å². The number of carboxylic acid groups (broad SMARTS) is 1. The quantitative estimate of drug-likeness (QED) is 0.839. The minimum Gasteiger partial charge on any atom is -0.481 e. The summed E-state index contributed by atoms with van der Waals surface area (Å²) in [5, 5.41) is 16.1. The molecule has 2 N–H and O–H groups in total. The molecule has 1 saturated heterocycles. The van der Waals surface area contributed by atoms with Gasteiger partial charge in [0.15, 0.2) is 0 Å². The van der Waals surface area contributed by atoms with E-state index in [9.17, 15) is 18.7 Å². The van der Waals surface area contributed by atoms with Crippen LogP contribution in [0.1, 0.15) is 24.8 Å². The zero-order valence-corrected chi connectivity index (χ0v) is 13.8. The zero-order valence-electron chi connectivity index (χ0n) is 13.8. The number of nitrogens with one attached hydrogen (secondary N) is 1. The number of aromatic nitrogens is 2. The molecule has 1 aromatic carbocycles. The summed E-state index contributed by atoms with van der Waals surface area (Å²) in [6, 6.07) is 8.06. The summed E-state index contributed by atoms with van der Waals surface area (Å²) in [6.45, 7) is 1.69. The van der Waals surface area contributed by atoms with Crippen molar-refractivity contribution >= 4 is 5.97 Å². The van der Waals surface area contributed by atoms with Crippen molar-refractivity contribution in [2.24, 2.45) is 5.41 Å². The molecule has 0 aliphatic carbocycles. The molecule has 0 unspecified atom stereocenters. The zero-order chi connectivity index (χ0) is 17.9. The fraction of sp³-hybridized carbons (Fsp3) is 0.444. The molecular formula is C18H21F2N3O2. The first-order valence-corrected chi connectivity index (χ1v) is 8.30. The van der Waals surface area contributed by atoms with E-state index in [0.717, 1.165) is 16.7 Å². The molecule has 134 valence electrons. The Bertz CT molecular complexity index is 711. The van der Waals surface area contributed by atoms with Gasteiger partial charge in [0.1, 0.15) is 0 Å². The predicted molar refractivity (Wildman–Crippen MR) is 89.2 cm³/mol. The predicted octanol–water partition coefficient (Wildman–Crippen LogP) is 3.40. The Morgan fingerprint density at radius 3 is 2.68 bits per heavy atom. The first-order valence-electron chi connectivity index (χ1n) is 8.30. The normalized spacial score (nSPS) is 17.7. The van der Waals surface area contributed by atoms with Crippen LogP contribution in [0.5, 0.6) is 0 Å². The van der Waals surface area contributed by atoms with Gasteiger partial charge in [-0.1, -0.05) is 18.2 Å².